The first kappa shape index (κ1) is 24.2. The van der Waals surface area contributed by atoms with E-state index in [9.17, 15) is 0 Å². The van der Waals surface area contributed by atoms with Crippen LogP contribution < -0.4 is 36.3 Å². The van der Waals surface area contributed by atoms with Gasteiger partial charge in [-0.25, -0.2) is 0 Å². The molecule has 5 heteroatoms. The first-order valence-electron chi connectivity index (χ1n) is 1.24. The number of hydrogen-bond acceptors (Lipinski definition) is 2. The van der Waals surface area contributed by atoms with Gasteiger partial charge in [0.15, 0.2) is 0 Å². The van der Waals surface area contributed by atoms with Gasteiger partial charge in [-0.05, 0) is 6.92 Å². The van der Waals surface area contributed by atoms with Gasteiger partial charge in [-0.2, -0.15) is 0 Å². The molecule has 0 aliphatic rings. The number of halogens is 2. The summed E-state index contributed by atoms with van der Waals surface area (Å²) >= 11 is 0. The van der Waals surface area contributed by atoms with Crippen LogP contribution in [0.3, 0.4) is 0 Å². The SMILES string of the molecule is CC(N)N.[Cl-].[Cl-].[Zn+2]. The molecule has 0 unspecified atom stereocenters. The van der Waals surface area contributed by atoms with E-state index in [1.807, 2.05) is 0 Å². The molecule has 0 atom stereocenters. The Morgan fingerprint density at radius 1 is 1.14 bits per heavy atom. The second-order valence-electron chi connectivity index (χ2n) is 0.859. The van der Waals surface area contributed by atoms with Crippen LogP contribution in [0.25, 0.3) is 0 Å². The monoisotopic (exact) mass is 194 g/mol. The van der Waals surface area contributed by atoms with Crippen LogP contribution in [0.5, 0.6) is 0 Å². The van der Waals surface area contributed by atoms with Crippen molar-refractivity contribution in [2.24, 2.45) is 11.5 Å². The van der Waals surface area contributed by atoms with E-state index in [0.29, 0.717) is 0 Å². The number of rotatable bonds is 0. The van der Waals surface area contributed by atoms with Gasteiger partial charge in [0.1, 0.15) is 0 Å². The van der Waals surface area contributed by atoms with Crippen LogP contribution in [0.1, 0.15) is 6.92 Å². The van der Waals surface area contributed by atoms with Crippen LogP contribution in [0, 0.1) is 0 Å². The molecule has 0 bridgehead atoms. The first-order valence-corrected chi connectivity index (χ1v) is 1.24. The van der Waals surface area contributed by atoms with Crippen LogP contribution in [0.4, 0.5) is 0 Å². The molecule has 0 spiro atoms. The third-order valence-corrected chi connectivity index (χ3v) is 0. The Hall–Kier alpha value is 1.12. The Balaban J connectivity index is -0.0000000150. The van der Waals surface area contributed by atoms with Crippen molar-refractivity contribution in [1.29, 1.82) is 0 Å². The molecule has 0 aliphatic carbocycles. The van der Waals surface area contributed by atoms with Gasteiger partial charge in [-0.1, -0.05) is 0 Å². The normalized spacial score (nSPS) is 5.14. The quantitative estimate of drug-likeness (QED) is 0.299. The molecule has 7 heavy (non-hydrogen) atoms. The number of hydrogen-bond donors (Lipinski definition) is 2. The van der Waals surface area contributed by atoms with Gasteiger partial charge in [0, 0.05) is 6.17 Å². The van der Waals surface area contributed by atoms with E-state index in [4.69, 9.17) is 11.5 Å². The molecule has 4 N–H and O–H groups in total. The molecule has 42 valence electrons. The molecule has 0 fully saturated rings. The molecule has 0 heterocycles. The van der Waals surface area contributed by atoms with Crippen LogP contribution >= 0.6 is 0 Å². The zero-order chi connectivity index (χ0) is 3.58. The molecule has 0 saturated carbocycles. The summed E-state index contributed by atoms with van der Waals surface area (Å²) < 4.78 is 0. The van der Waals surface area contributed by atoms with Gasteiger partial charge in [0.2, 0.25) is 0 Å². The van der Waals surface area contributed by atoms with E-state index >= 15 is 0 Å². The topological polar surface area (TPSA) is 52.0 Å². The van der Waals surface area contributed by atoms with Gasteiger partial charge in [-0.15, -0.1) is 0 Å². The van der Waals surface area contributed by atoms with Crippen molar-refractivity contribution in [3.8, 4) is 0 Å². The largest absolute Gasteiger partial charge is 2.00 e. The fourth-order valence-corrected chi connectivity index (χ4v) is 0. The molecule has 0 rings (SSSR count). The summed E-state index contributed by atoms with van der Waals surface area (Å²) in [5.41, 5.74) is 9.78. The summed E-state index contributed by atoms with van der Waals surface area (Å²) in [7, 11) is 0. The molecule has 0 saturated heterocycles. The van der Waals surface area contributed by atoms with Gasteiger partial charge in [0.25, 0.3) is 0 Å². The van der Waals surface area contributed by atoms with Gasteiger partial charge < -0.3 is 36.3 Å². The van der Waals surface area contributed by atoms with Crippen molar-refractivity contribution in [3.05, 3.63) is 0 Å². The molecule has 2 nitrogen and oxygen atoms in total. The van der Waals surface area contributed by atoms with Gasteiger partial charge in [-0.3, -0.25) is 0 Å². The third-order valence-electron chi connectivity index (χ3n) is 0. The summed E-state index contributed by atoms with van der Waals surface area (Å²) in [5, 5.41) is 0. The van der Waals surface area contributed by atoms with E-state index in [-0.39, 0.29) is 50.5 Å². The second-order valence-corrected chi connectivity index (χ2v) is 0.859. The smallest absolute Gasteiger partial charge is 1.00 e. The van der Waals surface area contributed by atoms with Crippen molar-refractivity contribution in [2.75, 3.05) is 0 Å². The Morgan fingerprint density at radius 3 is 1.14 bits per heavy atom. The second kappa shape index (κ2) is 15.7. The van der Waals surface area contributed by atoms with Crippen molar-refractivity contribution in [2.45, 2.75) is 13.1 Å². The summed E-state index contributed by atoms with van der Waals surface area (Å²) in [6.07, 6.45) is -0.167. The molecule has 0 aromatic rings. The van der Waals surface area contributed by atoms with E-state index in [2.05, 4.69) is 0 Å². The number of nitrogens with two attached hydrogens (primary N) is 2. The van der Waals surface area contributed by atoms with Crippen LogP contribution in [0.2, 0.25) is 0 Å². The van der Waals surface area contributed by atoms with E-state index in [1.165, 1.54) is 0 Å². The van der Waals surface area contributed by atoms with Crippen molar-refractivity contribution < 1.29 is 44.3 Å². The molecule has 0 aromatic carbocycles. The fraction of sp³-hybridized carbons (Fsp3) is 1.00. The zero-order valence-corrected chi connectivity index (χ0v) is 8.67. The average Bonchev–Trinajstić information content (AvgIpc) is 0.811. The maximum Gasteiger partial charge on any atom is 2.00 e. The molecule has 0 amide bonds. The summed E-state index contributed by atoms with van der Waals surface area (Å²) in [4.78, 5) is 0. The van der Waals surface area contributed by atoms with Crippen molar-refractivity contribution >= 4 is 0 Å². The van der Waals surface area contributed by atoms with Crippen LogP contribution in [-0.2, 0) is 19.5 Å². The summed E-state index contributed by atoms with van der Waals surface area (Å²) in [6.45, 7) is 1.72. The molecular formula is C2H8Cl2N2Zn. The Kier molecular flexibility index (Phi) is 54.4. The first-order chi connectivity index (χ1) is 1.73. The molecule has 0 radical (unpaired) electrons. The van der Waals surface area contributed by atoms with E-state index in [1.54, 1.807) is 6.92 Å². The summed E-state index contributed by atoms with van der Waals surface area (Å²) in [5.74, 6) is 0. The van der Waals surface area contributed by atoms with E-state index < -0.39 is 0 Å². The maximum atomic E-state index is 4.89. The Morgan fingerprint density at radius 2 is 1.14 bits per heavy atom. The van der Waals surface area contributed by atoms with Crippen LogP contribution in [0.15, 0.2) is 0 Å². The maximum absolute atomic E-state index is 4.89. The van der Waals surface area contributed by atoms with Crippen LogP contribution in [-0.4, -0.2) is 6.17 Å². The molecule has 0 aliphatic heterocycles. The van der Waals surface area contributed by atoms with Crippen molar-refractivity contribution in [3.63, 3.8) is 0 Å². The minimum atomic E-state index is -0.167. The predicted molar refractivity (Wildman–Crippen MR) is 17.8 cm³/mol. The predicted octanol–water partition coefficient (Wildman–Crippen LogP) is -6.74. The zero-order valence-electron chi connectivity index (χ0n) is 4.20. The molecule has 0 aromatic heterocycles. The van der Waals surface area contributed by atoms with Gasteiger partial charge in [0.05, 0.1) is 0 Å². The Bertz CT molecular complexity index is 18.4. The Labute approximate surface area is 69.0 Å². The molecular weight excluding hydrogens is 188 g/mol. The minimum absolute atomic E-state index is 0. The standard InChI is InChI=1S/C2H8N2.2ClH.Zn/c1-2(3)4;;;/h2H,3-4H2,1H3;2*1H;/q;;;+2/p-2. The average molecular weight is 196 g/mol. The van der Waals surface area contributed by atoms with Gasteiger partial charge >= 0.3 is 19.5 Å². The third kappa shape index (κ3) is 148. The summed E-state index contributed by atoms with van der Waals surface area (Å²) in [6, 6.07) is 0. The van der Waals surface area contributed by atoms with E-state index in [0.717, 1.165) is 0 Å². The fourth-order valence-electron chi connectivity index (χ4n) is 0. The van der Waals surface area contributed by atoms with Crippen molar-refractivity contribution in [1.82, 2.24) is 0 Å². The minimum Gasteiger partial charge on any atom is -1.00 e.